The third-order valence-electron chi connectivity index (χ3n) is 1.73. The average molecular weight is 203 g/mol. The first kappa shape index (κ1) is 10.8. The second-order valence-corrected chi connectivity index (χ2v) is 2.75. The Kier molecular flexibility index (Phi) is 3.47. The molecule has 0 saturated heterocycles. The molecule has 1 rings (SSSR count). The number of carbonyl (C=O) groups is 1. The van der Waals surface area contributed by atoms with Crippen LogP contribution >= 0.6 is 0 Å². The minimum Gasteiger partial charge on any atom is -0.508 e. The van der Waals surface area contributed by atoms with Crippen LogP contribution in [-0.4, -0.2) is 18.2 Å². The lowest BCUT2D eigenvalue weighted by Crippen LogP contribution is -2.02. The zero-order valence-electron chi connectivity index (χ0n) is 8.10. The number of hydrogen-bond donors (Lipinski definition) is 1. The number of carbonyl (C=O) groups excluding carboxylic acids is 1. The van der Waals surface area contributed by atoms with Gasteiger partial charge < -0.3 is 9.84 Å². The molecular formula is C11H9NO3. The van der Waals surface area contributed by atoms with Crippen molar-refractivity contribution in [3.63, 3.8) is 0 Å². The van der Waals surface area contributed by atoms with Crippen molar-refractivity contribution in [1.29, 1.82) is 5.26 Å². The summed E-state index contributed by atoms with van der Waals surface area (Å²) in [5, 5.41) is 17.7. The molecule has 0 radical (unpaired) electrons. The van der Waals surface area contributed by atoms with Gasteiger partial charge in [0.25, 0.3) is 0 Å². The highest BCUT2D eigenvalue weighted by Crippen LogP contribution is 2.12. The van der Waals surface area contributed by atoms with Crippen LogP contribution in [0, 0.1) is 11.3 Å². The summed E-state index contributed by atoms with van der Waals surface area (Å²) in [5.41, 5.74) is 0.568. The van der Waals surface area contributed by atoms with Crippen molar-refractivity contribution in [2.24, 2.45) is 0 Å². The number of aromatic hydroxyl groups is 1. The largest absolute Gasteiger partial charge is 0.508 e. The second kappa shape index (κ2) is 4.82. The van der Waals surface area contributed by atoms with E-state index in [1.54, 1.807) is 18.2 Å². The Hall–Kier alpha value is -2.28. The number of nitriles is 1. The molecule has 0 bridgehead atoms. The molecule has 1 aromatic carbocycles. The summed E-state index contributed by atoms with van der Waals surface area (Å²) in [7, 11) is 1.21. The number of nitrogens with zero attached hydrogens (tertiary/aromatic N) is 1. The van der Waals surface area contributed by atoms with E-state index in [2.05, 4.69) is 4.74 Å². The Morgan fingerprint density at radius 2 is 2.07 bits per heavy atom. The lowest BCUT2D eigenvalue weighted by atomic mass is 10.1. The van der Waals surface area contributed by atoms with Gasteiger partial charge in [-0.1, -0.05) is 12.1 Å². The molecule has 0 aromatic heterocycles. The predicted molar refractivity (Wildman–Crippen MR) is 53.7 cm³/mol. The fourth-order valence-corrected chi connectivity index (χ4v) is 0.984. The van der Waals surface area contributed by atoms with Crippen LogP contribution in [-0.2, 0) is 9.53 Å². The van der Waals surface area contributed by atoms with Gasteiger partial charge in [-0.05, 0) is 23.8 Å². The van der Waals surface area contributed by atoms with Gasteiger partial charge in [0.1, 0.15) is 17.4 Å². The van der Waals surface area contributed by atoms with Gasteiger partial charge in [-0.3, -0.25) is 0 Å². The van der Waals surface area contributed by atoms with Gasteiger partial charge in [0.05, 0.1) is 7.11 Å². The van der Waals surface area contributed by atoms with Crippen LogP contribution in [0.1, 0.15) is 5.56 Å². The van der Waals surface area contributed by atoms with Crippen LogP contribution in [0.25, 0.3) is 6.08 Å². The van der Waals surface area contributed by atoms with Gasteiger partial charge >= 0.3 is 5.97 Å². The summed E-state index contributed by atoms with van der Waals surface area (Å²) in [6, 6.07) is 7.87. The zero-order chi connectivity index (χ0) is 11.3. The first-order valence-corrected chi connectivity index (χ1v) is 4.16. The highest BCUT2D eigenvalue weighted by atomic mass is 16.5. The molecule has 1 aromatic rings. The molecular weight excluding hydrogens is 194 g/mol. The molecule has 76 valence electrons. The van der Waals surface area contributed by atoms with Crippen molar-refractivity contribution in [2.45, 2.75) is 0 Å². The first-order chi connectivity index (χ1) is 7.17. The van der Waals surface area contributed by atoms with Crippen LogP contribution in [0.2, 0.25) is 0 Å². The fraction of sp³-hybridized carbons (Fsp3) is 0.0909. The van der Waals surface area contributed by atoms with Gasteiger partial charge in [-0.2, -0.15) is 5.26 Å². The number of rotatable bonds is 2. The number of esters is 1. The van der Waals surface area contributed by atoms with Gasteiger partial charge in [-0.25, -0.2) is 4.79 Å². The van der Waals surface area contributed by atoms with Crippen molar-refractivity contribution >= 4 is 12.0 Å². The predicted octanol–water partition coefficient (Wildman–Crippen LogP) is 1.47. The van der Waals surface area contributed by atoms with Gasteiger partial charge in [0.2, 0.25) is 0 Å². The molecule has 0 spiro atoms. The standard InChI is InChI=1S/C11H9NO3/c1-15-11(14)9(7-12)6-8-2-4-10(13)5-3-8/h2-6,13H,1H3/b9-6-. The molecule has 4 nitrogen and oxygen atoms in total. The summed E-state index contributed by atoms with van der Waals surface area (Å²) in [6.45, 7) is 0. The van der Waals surface area contributed by atoms with Crippen molar-refractivity contribution < 1.29 is 14.6 Å². The van der Waals surface area contributed by atoms with Crippen molar-refractivity contribution in [1.82, 2.24) is 0 Å². The molecule has 0 atom stereocenters. The Balaban J connectivity index is 3.00. The zero-order valence-corrected chi connectivity index (χ0v) is 8.10. The quantitative estimate of drug-likeness (QED) is 0.449. The third kappa shape index (κ3) is 2.85. The van der Waals surface area contributed by atoms with E-state index < -0.39 is 5.97 Å². The maximum absolute atomic E-state index is 11.1. The number of hydrogen-bond acceptors (Lipinski definition) is 4. The summed E-state index contributed by atoms with van der Waals surface area (Å²) in [4.78, 5) is 11.1. The normalized spacial score (nSPS) is 10.5. The van der Waals surface area contributed by atoms with E-state index in [1.165, 1.54) is 25.3 Å². The molecule has 1 N–H and O–H groups in total. The molecule has 0 aliphatic rings. The lowest BCUT2D eigenvalue weighted by Gasteiger charge is -1.97. The van der Waals surface area contributed by atoms with Crippen molar-refractivity contribution in [2.75, 3.05) is 7.11 Å². The summed E-state index contributed by atoms with van der Waals surface area (Å²) in [5.74, 6) is -0.547. The number of phenolic OH excluding ortho intramolecular Hbond substituents is 1. The number of methoxy groups -OCH3 is 1. The van der Waals surface area contributed by atoms with Crippen LogP contribution < -0.4 is 0 Å². The maximum atomic E-state index is 11.1. The molecule has 0 saturated carbocycles. The highest BCUT2D eigenvalue weighted by molar-refractivity contribution is 5.97. The Labute approximate surface area is 87.0 Å². The lowest BCUT2D eigenvalue weighted by molar-refractivity contribution is -0.135. The van der Waals surface area contributed by atoms with Crippen molar-refractivity contribution in [3.8, 4) is 11.8 Å². The average Bonchev–Trinajstić information content (AvgIpc) is 2.27. The minimum atomic E-state index is -0.675. The van der Waals surface area contributed by atoms with Gasteiger partial charge in [-0.15, -0.1) is 0 Å². The molecule has 15 heavy (non-hydrogen) atoms. The summed E-state index contributed by atoms with van der Waals surface area (Å²) >= 11 is 0. The van der Waals surface area contributed by atoms with Crippen LogP contribution in [0.5, 0.6) is 5.75 Å². The molecule has 0 aliphatic carbocycles. The van der Waals surface area contributed by atoms with Crippen LogP contribution in [0.4, 0.5) is 0 Å². The van der Waals surface area contributed by atoms with E-state index in [9.17, 15) is 4.79 Å². The van der Waals surface area contributed by atoms with Crippen molar-refractivity contribution in [3.05, 3.63) is 35.4 Å². The molecule has 0 unspecified atom stereocenters. The number of benzene rings is 1. The molecule has 0 amide bonds. The Morgan fingerprint density at radius 3 is 2.53 bits per heavy atom. The smallest absolute Gasteiger partial charge is 0.348 e. The van der Waals surface area contributed by atoms with Gasteiger partial charge in [0, 0.05) is 0 Å². The highest BCUT2D eigenvalue weighted by Gasteiger charge is 2.07. The maximum Gasteiger partial charge on any atom is 0.348 e. The molecule has 4 heteroatoms. The van der Waals surface area contributed by atoms with E-state index in [0.717, 1.165) is 0 Å². The Morgan fingerprint density at radius 1 is 1.47 bits per heavy atom. The number of ether oxygens (including phenoxy) is 1. The summed E-state index contributed by atoms with van der Waals surface area (Å²) in [6.07, 6.45) is 1.39. The molecule has 0 heterocycles. The monoisotopic (exact) mass is 203 g/mol. The fourth-order valence-electron chi connectivity index (χ4n) is 0.984. The SMILES string of the molecule is COC(=O)/C(C#N)=C\c1ccc(O)cc1. The minimum absolute atomic E-state index is 0.0804. The topological polar surface area (TPSA) is 70.3 Å². The number of phenols is 1. The van der Waals surface area contributed by atoms with Crippen LogP contribution in [0.3, 0.4) is 0 Å². The van der Waals surface area contributed by atoms with E-state index >= 15 is 0 Å². The van der Waals surface area contributed by atoms with E-state index in [4.69, 9.17) is 10.4 Å². The van der Waals surface area contributed by atoms with E-state index in [1.807, 2.05) is 0 Å². The van der Waals surface area contributed by atoms with Crippen LogP contribution in [0.15, 0.2) is 29.8 Å². The third-order valence-corrected chi connectivity index (χ3v) is 1.73. The second-order valence-electron chi connectivity index (χ2n) is 2.75. The van der Waals surface area contributed by atoms with Gasteiger partial charge in [0.15, 0.2) is 0 Å². The van der Waals surface area contributed by atoms with E-state index in [-0.39, 0.29) is 11.3 Å². The Bertz CT molecular complexity index is 426. The first-order valence-electron chi connectivity index (χ1n) is 4.16. The van der Waals surface area contributed by atoms with E-state index in [0.29, 0.717) is 5.56 Å². The molecule has 0 fully saturated rings. The summed E-state index contributed by atoms with van der Waals surface area (Å²) < 4.78 is 4.42. The molecule has 0 aliphatic heterocycles.